The van der Waals surface area contributed by atoms with Crippen molar-refractivity contribution in [3.63, 3.8) is 0 Å². The first kappa shape index (κ1) is 16.1. The van der Waals surface area contributed by atoms with Crippen LogP contribution in [0.1, 0.15) is 11.4 Å². The molecule has 0 spiro atoms. The molecule has 24 heavy (non-hydrogen) atoms. The molecule has 1 aromatic carbocycles. The number of hydrogen-bond donors (Lipinski definition) is 1. The molecule has 2 aromatic heterocycles. The zero-order chi connectivity index (χ0) is 17.2. The molecule has 0 fully saturated rings. The van der Waals surface area contributed by atoms with Gasteiger partial charge in [0.1, 0.15) is 29.6 Å². The highest BCUT2D eigenvalue weighted by atomic mass is 32.2. The average molecular weight is 347 g/mol. The maximum absolute atomic E-state index is 12.9. The van der Waals surface area contributed by atoms with Crippen molar-refractivity contribution in [3.8, 4) is 5.82 Å². The van der Waals surface area contributed by atoms with Gasteiger partial charge in [-0.25, -0.2) is 27.8 Å². The van der Waals surface area contributed by atoms with Crippen molar-refractivity contribution >= 4 is 15.8 Å². The highest BCUT2D eigenvalue weighted by Gasteiger charge is 2.14. The number of hydrogen-bond acceptors (Lipinski definition) is 5. The molecule has 0 radical (unpaired) electrons. The first-order valence-electron chi connectivity index (χ1n) is 7.00. The second-order valence-corrected chi connectivity index (χ2v) is 6.82. The second kappa shape index (κ2) is 6.36. The Labute approximate surface area is 138 Å². The van der Waals surface area contributed by atoms with Crippen molar-refractivity contribution in [3.05, 3.63) is 66.3 Å². The van der Waals surface area contributed by atoms with Gasteiger partial charge >= 0.3 is 0 Å². The van der Waals surface area contributed by atoms with Crippen molar-refractivity contribution in [2.24, 2.45) is 0 Å². The van der Waals surface area contributed by atoms with Gasteiger partial charge in [-0.1, -0.05) is 12.1 Å². The Bertz CT molecular complexity index is 954. The maximum Gasteiger partial charge on any atom is 0.238 e. The van der Waals surface area contributed by atoms with Crippen LogP contribution in [0.25, 0.3) is 5.82 Å². The Kier molecular flexibility index (Phi) is 4.26. The van der Waals surface area contributed by atoms with Gasteiger partial charge in [0, 0.05) is 18.5 Å². The van der Waals surface area contributed by atoms with Crippen LogP contribution in [0.15, 0.2) is 49.1 Å². The van der Waals surface area contributed by atoms with Gasteiger partial charge in [-0.15, -0.1) is 0 Å². The Balaban J connectivity index is 1.80. The molecular formula is C15H14FN5O2S. The minimum absolute atomic E-state index is 0.148. The molecule has 7 nitrogen and oxygen atoms in total. The highest BCUT2D eigenvalue weighted by molar-refractivity contribution is 7.91. The number of aromatic nitrogens is 4. The van der Waals surface area contributed by atoms with E-state index in [1.54, 1.807) is 23.9 Å². The summed E-state index contributed by atoms with van der Waals surface area (Å²) in [5.41, 5.74) is 0.476. The van der Waals surface area contributed by atoms with E-state index in [0.717, 1.165) is 0 Å². The number of imidazole rings is 1. The molecular weight excluding hydrogens is 333 g/mol. The molecule has 2 heterocycles. The minimum Gasteiger partial charge on any atom is -0.288 e. The van der Waals surface area contributed by atoms with Crippen LogP contribution in [-0.2, 0) is 15.8 Å². The predicted molar refractivity (Wildman–Crippen MR) is 86.5 cm³/mol. The van der Waals surface area contributed by atoms with Crippen LogP contribution in [0.3, 0.4) is 0 Å². The molecule has 124 valence electrons. The largest absolute Gasteiger partial charge is 0.288 e. The summed E-state index contributed by atoms with van der Waals surface area (Å²) in [6.45, 7) is 1.81. The normalized spacial score (nSPS) is 11.4. The van der Waals surface area contributed by atoms with Gasteiger partial charge in [0.2, 0.25) is 10.0 Å². The molecule has 0 aliphatic rings. The molecule has 0 amide bonds. The van der Waals surface area contributed by atoms with Crippen LogP contribution in [-0.4, -0.2) is 27.9 Å². The van der Waals surface area contributed by atoms with Gasteiger partial charge in [-0.05, 0) is 24.6 Å². The molecule has 0 bridgehead atoms. The number of halogens is 1. The third-order valence-electron chi connectivity index (χ3n) is 3.26. The van der Waals surface area contributed by atoms with E-state index in [1.165, 1.54) is 36.7 Å². The molecule has 0 saturated heterocycles. The van der Waals surface area contributed by atoms with Crippen molar-refractivity contribution < 1.29 is 12.8 Å². The van der Waals surface area contributed by atoms with Gasteiger partial charge in [-0.3, -0.25) is 9.29 Å². The highest BCUT2D eigenvalue weighted by Crippen LogP contribution is 2.14. The van der Waals surface area contributed by atoms with Crippen molar-refractivity contribution in [1.29, 1.82) is 0 Å². The van der Waals surface area contributed by atoms with Crippen molar-refractivity contribution in [2.75, 3.05) is 4.72 Å². The van der Waals surface area contributed by atoms with E-state index < -0.39 is 15.8 Å². The van der Waals surface area contributed by atoms with Crippen molar-refractivity contribution in [2.45, 2.75) is 12.7 Å². The van der Waals surface area contributed by atoms with E-state index in [-0.39, 0.29) is 11.6 Å². The van der Waals surface area contributed by atoms with E-state index in [2.05, 4.69) is 19.7 Å². The summed E-state index contributed by atoms with van der Waals surface area (Å²) in [7, 11) is -3.68. The van der Waals surface area contributed by atoms with Crippen LogP contribution >= 0.6 is 0 Å². The van der Waals surface area contributed by atoms with Crippen LogP contribution in [0.2, 0.25) is 0 Å². The summed E-state index contributed by atoms with van der Waals surface area (Å²) in [6, 6.07) is 6.80. The number of rotatable bonds is 5. The molecule has 3 rings (SSSR count). The zero-order valence-electron chi connectivity index (χ0n) is 12.7. The Morgan fingerprint density at radius 1 is 1.17 bits per heavy atom. The lowest BCUT2D eigenvalue weighted by Crippen LogP contribution is -2.16. The zero-order valence-corrected chi connectivity index (χ0v) is 13.5. The fourth-order valence-electron chi connectivity index (χ4n) is 2.15. The predicted octanol–water partition coefficient (Wildman–Crippen LogP) is 2.05. The molecule has 1 N–H and O–H groups in total. The van der Waals surface area contributed by atoms with Crippen LogP contribution < -0.4 is 4.72 Å². The van der Waals surface area contributed by atoms with E-state index in [0.29, 0.717) is 17.2 Å². The molecule has 0 aliphatic carbocycles. The quantitative estimate of drug-likeness (QED) is 0.763. The fourth-order valence-corrected chi connectivity index (χ4v) is 3.28. The summed E-state index contributed by atoms with van der Waals surface area (Å²) >= 11 is 0. The number of benzene rings is 1. The van der Waals surface area contributed by atoms with Gasteiger partial charge in [0.25, 0.3) is 0 Å². The molecule has 0 atom stereocenters. The molecule has 0 aliphatic heterocycles. The Hall–Kier alpha value is -2.81. The monoisotopic (exact) mass is 347 g/mol. The standard InChI is InChI=1S/C15H14FN5O2S/c1-11-17-6-7-21(11)15-8-14(18-10-19-15)20-24(22,23)9-12-2-4-13(16)5-3-12/h2-8,10H,9H2,1H3,(H,18,19,20). The first-order chi connectivity index (χ1) is 11.4. The smallest absolute Gasteiger partial charge is 0.238 e. The van der Waals surface area contributed by atoms with Gasteiger partial charge in [0.15, 0.2) is 0 Å². The molecule has 9 heteroatoms. The minimum atomic E-state index is -3.68. The van der Waals surface area contributed by atoms with E-state index in [9.17, 15) is 12.8 Å². The SMILES string of the molecule is Cc1nccn1-c1cc(NS(=O)(=O)Cc2ccc(F)cc2)ncn1. The summed E-state index contributed by atoms with van der Waals surface area (Å²) in [5.74, 6) is 0.667. The molecule has 3 aromatic rings. The first-order valence-corrected chi connectivity index (χ1v) is 8.65. The van der Waals surface area contributed by atoms with Crippen LogP contribution in [0.4, 0.5) is 10.2 Å². The lowest BCUT2D eigenvalue weighted by atomic mass is 10.2. The summed E-state index contributed by atoms with van der Waals surface area (Å²) in [6.07, 6.45) is 4.61. The molecule has 0 saturated carbocycles. The number of sulfonamides is 1. The third kappa shape index (κ3) is 3.74. The number of aryl methyl sites for hydroxylation is 1. The van der Waals surface area contributed by atoms with Crippen LogP contribution in [0, 0.1) is 12.7 Å². The topological polar surface area (TPSA) is 89.8 Å². The average Bonchev–Trinajstić information content (AvgIpc) is 2.95. The van der Waals surface area contributed by atoms with E-state index in [4.69, 9.17) is 0 Å². The van der Waals surface area contributed by atoms with Gasteiger partial charge in [0.05, 0.1) is 5.75 Å². The summed E-state index contributed by atoms with van der Waals surface area (Å²) in [4.78, 5) is 12.1. The second-order valence-electron chi connectivity index (χ2n) is 5.09. The molecule has 0 unspecified atom stereocenters. The van der Waals surface area contributed by atoms with Gasteiger partial charge in [-0.2, -0.15) is 0 Å². The number of anilines is 1. The van der Waals surface area contributed by atoms with E-state index in [1.807, 2.05) is 0 Å². The number of nitrogens with zero attached hydrogens (tertiary/aromatic N) is 4. The fraction of sp³-hybridized carbons (Fsp3) is 0.133. The number of nitrogens with one attached hydrogen (secondary N) is 1. The lowest BCUT2D eigenvalue weighted by Gasteiger charge is -2.09. The van der Waals surface area contributed by atoms with Gasteiger partial charge < -0.3 is 0 Å². The Morgan fingerprint density at radius 2 is 1.92 bits per heavy atom. The van der Waals surface area contributed by atoms with E-state index >= 15 is 0 Å². The van der Waals surface area contributed by atoms with Crippen LogP contribution in [0.5, 0.6) is 0 Å². The van der Waals surface area contributed by atoms with Crippen molar-refractivity contribution in [1.82, 2.24) is 19.5 Å². The Morgan fingerprint density at radius 3 is 2.58 bits per heavy atom. The summed E-state index contributed by atoms with van der Waals surface area (Å²) < 4.78 is 41.5. The maximum atomic E-state index is 12.9. The summed E-state index contributed by atoms with van der Waals surface area (Å²) in [5, 5.41) is 0. The third-order valence-corrected chi connectivity index (χ3v) is 4.49. The lowest BCUT2D eigenvalue weighted by molar-refractivity contribution is 0.599.